The van der Waals surface area contributed by atoms with Gasteiger partial charge < -0.3 is 9.53 Å². The quantitative estimate of drug-likeness (QED) is 0.583. The van der Waals surface area contributed by atoms with Crippen molar-refractivity contribution >= 4 is 14.1 Å². The normalized spacial score (nSPS) is 60.6. The summed E-state index contributed by atoms with van der Waals surface area (Å²) in [4.78, 5) is 13.6. The number of hydrogen-bond acceptors (Lipinski definition) is 3. The van der Waals surface area contributed by atoms with E-state index in [2.05, 4.69) is 54.6 Å². The maximum Gasteiger partial charge on any atom is 0.192 e. The summed E-state index contributed by atoms with van der Waals surface area (Å²) >= 11 is 0. The number of fused-ring (bicyclic) bond motifs is 3. The SMILES string of the molecule is CC(C)(C)[Si](C)(C)O[C@@]12CC[C@]3(C)[C@H]4C[C@H]5C6C(=O)[C@]4(CC[C@H]3[C@]1(C)C2)[C@@H](O)[C@]65C. The Hall–Kier alpha value is -0.193. The summed E-state index contributed by atoms with van der Waals surface area (Å²) in [6.07, 6.45) is 6.32. The van der Waals surface area contributed by atoms with Gasteiger partial charge in [0.05, 0.1) is 17.1 Å². The Morgan fingerprint density at radius 3 is 2.30 bits per heavy atom. The zero-order valence-corrected chi connectivity index (χ0v) is 21.4. The first-order chi connectivity index (χ1) is 13.6. The maximum atomic E-state index is 13.6. The lowest BCUT2D eigenvalue weighted by atomic mass is 9.40. The van der Waals surface area contributed by atoms with Gasteiger partial charge in [0, 0.05) is 16.7 Å². The van der Waals surface area contributed by atoms with E-state index in [1.54, 1.807) is 0 Å². The summed E-state index contributed by atoms with van der Waals surface area (Å²) in [6, 6.07) is 0. The minimum Gasteiger partial charge on any atom is -0.411 e. The van der Waals surface area contributed by atoms with Crippen LogP contribution in [0.15, 0.2) is 0 Å². The molecule has 1 N–H and O–H groups in total. The molecule has 0 aromatic heterocycles. The van der Waals surface area contributed by atoms with E-state index in [0.717, 1.165) is 19.3 Å². The van der Waals surface area contributed by atoms with Gasteiger partial charge in [-0.3, -0.25) is 4.79 Å². The molecule has 0 amide bonds. The number of ketones is 1. The van der Waals surface area contributed by atoms with Crippen molar-refractivity contribution in [1.82, 2.24) is 0 Å². The van der Waals surface area contributed by atoms with E-state index >= 15 is 0 Å². The first-order valence-electron chi connectivity index (χ1n) is 12.5. The van der Waals surface area contributed by atoms with Gasteiger partial charge in [-0.05, 0) is 79.8 Å². The fourth-order valence-corrected chi connectivity index (χ4v) is 11.7. The molecule has 4 heteroatoms. The first kappa shape index (κ1) is 20.4. The number of aliphatic hydroxyl groups excluding tert-OH is 1. The fourth-order valence-electron chi connectivity index (χ4n) is 9.98. The largest absolute Gasteiger partial charge is 0.411 e. The second-order valence-corrected chi connectivity index (χ2v) is 19.3. The molecule has 30 heavy (non-hydrogen) atoms. The van der Waals surface area contributed by atoms with Crippen molar-refractivity contribution in [2.24, 2.45) is 45.3 Å². The van der Waals surface area contributed by atoms with Gasteiger partial charge >= 0.3 is 0 Å². The van der Waals surface area contributed by atoms with Crippen LogP contribution in [0.5, 0.6) is 0 Å². The molecule has 4 bridgehead atoms. The molecule has 1 spiro atoms. The summed E-state index contributed by atoms with van der Waals surface area (Å²) in [5, 5.41) is 11.7. The molecule has 0 aromatic carbocycles. The number of hydrogen-bond donors (Lipinski definition) is 1. The Labute approximate surface area is 183 Å². The third-order valence-corrected chi connectivity index (χ3v) is 17.3. The van der Waals surface area contributed by atoms with E-state index in [1.165, 1.54) is 19.3 Å². The van der Waals surface area contributed by atoms with E-state index < -0.39 is 19.8 Å². The molecule has 0 heterocycles. The Bertz CT molecular complexity index is 861. The molecule has 0 saturated heterocycles. The standard InChI is InChI=1S/C26H42O3Si/c1-21(2,3)30(7,8)29-25-12-11-22(4)16(23(25,5)14-25)9-10-26-17(22)13-15-18(19(26)27)24(15,6)20(26)28/h15-18,20,28H,9-14H2,1-8H3/t15-,16+,17+,18?,20-,22-,23-,24-,25+,26+/m0/s1. The van der Waals surface area contributed by atoms with Crippen molar-refractivity contribution in [2.45, 2.75) is 110 Å². The van der Waals surface area contributed by atoms with Crippen LogP contribution in [-0.2, 0) is 9.22 Å². The van der Waals surface area contributed by atoms with Gasteiger partial charge in [-0.1, -0.05) is 41.5 Å². The molecule has 7 rings (SSSR count). The van der Waals surface area contributed by atoms with E-state index in [4.69, 9.17) is 4.43 Å². The average Bonchev–Trinajstić information content (AvgIpc) is 3.42. The maximum absolute atomic E-state index is 13.6. The molecule has 168 valence electrons. The molecular formula is C26H42O3Si. The molecule has 0 aromatic rings. The number of carbonyl (C=O) groups excluding carboxylic acids is 1. The summed E-state index contributed by atoms with van der Waals surface area (Å²) in [5.41, 5.74) is -0.0266. The minimum absolute atomic E-state index is 0.0677. The summed E-state index contributed by atoms with van der Waals surface area (Å²) in [7, 11) is -1.82. The fraction of sp³-hybridized carbons (Fsp3) is 0.962. The van der Waals surface area contributed by atoms with Crippen molar-refractivity contribution in [3.8, 4) is 0 Å². The Kier molecular flexibility index (Phi) is 3.40. The van der Waals surface area contributed by atoms with Gasteiger partial charge in [0.1, 0.15) is 5.78 Å². The molecular weight excluding hydrogens is 388 g/mol. The molecule has 0 radical (unpaired) electrons. The van der Waals surface area contributed by atoms with Crippen molar-refractivity contribution in [1.29, 1.82) is 0 Å². The van der Waals surface area contributed by atoms with Gasteiger partial charge in [0.15, 0.2) is 8.32 Å². The van der Waals surface area contributed by atoms with Crippen LogP contribution in [0.25, 0.3) is 0 Å². The molecule has 0 aliphatic heterocycles. The Morgan fingerprint density at radius 1 is 1.07 bits per heavy atom. The molecule has 1 unspecified atom stereocenters. The van der Waals surface area contributed by atoms with Crippen molar-refractivity contribution in [3.05, 3.63) is 0 Å². The van der Waals surface area contributed by atoms with Crippen LogP contribution in [0.2, 0.25) is 18.1 Å². The smallest absolute Gasteiger partial charge is 0.192 e. The predicted molar refractivity (Wildman–Crippen MR) is 120 cm³/mol. The lowest BCUT2D eigenvalue weighted by Crippen LogP contribution is -2.64. The van der Waals surface area contributed by atoms with Crippen LogP contribution in [0, 0.1) is 45.3 Å². The Balaban J connectivity index is 1.34. The monoisotopic (exact) mass is 430 g/mol. The Morgan fingerprint density at radius 2 is 1.73 bits per heavy atom. The van der Waals surface area contributed by atoms with Gasteiger partial charge in [-0.2, -0.15) is 0 Å². The van der Waals surface area contributed by atoms with Crippen molar-refractivity contribution in [3.63, 3.8) is 0 Å². The van der Waals surface area contributed by atoms with Gasteiger partial charge in [-0.15, -0.1) is 0 Å². The van der Waals surface area contributed by atoms with Crippen molar-refractivity contribution in [2.75, 3.05) is 0 Å². The molecule has 7 aliphatic carbocycles. The third-order valence-electron chi connectivity index (χ3n) is 12.8. The van der Waals surface area contributed by atoms with Gasteiger partial charge in [0.25, 0.3) is 0 Å². The van der Waals surface area contributed by atoms with Gasteiger partial charge in [0.2, 0.25) is 0 Å². The highest BCUT2D eigenvalue weighted by molar-refractivity contribution is 6.74. The molecule has 7 fully saturated rings. The van der Waals surface area contributed by atoms with E-state index in [1.807, 2.05) is 0 Å². The minimum atomic E-state index is -1.82. The summed E-state index contributed by atoms with van der Waals surface area (Å²) in [6.45, 7) is 19.1. The second-order valence-electron chi connectivity index (χ2n) is 14.6. The highest BCUT2D eigenvalue weighted by Crippen LogP contribution is 2.86. The summed E-state index contributed by atoms with van der Waals surface area (Å²) < 4.78 is 7.18. The zero-order valence-electron chi connectivity index (χ0n) is 20.4. The zero-order chi connectivity index (χ0) is 21.9. The highest BCUT2D eigenvalue weighted by Gasteiger charge is 2.88. The molecule has 7 saturated carbocycles. The second kappa shape index (κ2) is 4.99. The molecule has 3 nitrogen and oxygen atoms in total. The number of Topliss-reactive ketones (excluding diaryl/α,β-unsaturated/α-hetero) is 1. The summed E-state index contributed by atoms with van der Waals surface area (Å²) in [5.74, 6) is 2.08. The van der Waals surface area contributed by atoms with Crippen molar-refractivity contribution < 1.29 is 14.3 Å². The van der Waals surface area contributed by atoms with Crippen LogP contribution in [0.3, 0.4) is 0 Å². The lowest BCUT2D eigenvalue weighted by molar-refractivity contribution is -0.198. The lowest BCUT2D eigenvalue weighted by Gasteiger charge is -2.64. The average molecular weight is 431 g/mol. The van der Waals surface area contributed by atoms with Crippen LogP contribution in [-0.4, -0.2) is 30.9 Å². The first-order valence-corrected chi connectivity index (χ1v) is 15.5. The number of rotatable bonds is 2. The van der Waals surface area contributed by atoms with Crippen LogP contribution in [0.1, 0.15) is 80.1 Å². The van der Waals surface area contributed by atoms with E-state index in [-0.39, 0.29) is 32.8 Å². The van der Waals surface area contributed by atoms with E-state index in [9.17, 15) is 9.90 Å². The topological polar surface area (TPSA) is 46.5 Å². The molecule has 7 aliphatic rings. The molecule has 10 atom stereocenters. The highest BCUT2D eigenvalue weighted by atomic mass is 28.4. The van der Waals surface area contributed by atoms with Crippen LogP contribution < -0.4 is 0 Å². The van der Waals surface area contributed by atoms with E-state index in [0.29, 0.717) is 23.5 Å². The number of carbonyl (C=O) groups is 1. The van der Waals surface area contributed by atoms with Crippen LogP contribution in [0.4, 0.5) is 0 Å². The third kappa shape index (κ3) is 1.82. The number of aliphatic hydroxyl groups is 1. The van der Waals surface area contributed by atoms with Crippen LogP contribution >= 0.6 is 0 Å². The predicted octanol–water partition coefficient (Wildman–Crippen LogP) is 5.57. The van der Waals surface area contributed by atoms with Gasteiger partial charge in [-0.25, -0.2) is 0 Å².